The van der Waals surface area contributed by atoms with E-state index in [1.807, 2.05) is 0 Å². The standard InChI is InChI=1S/C14H17F3N2O3/c15-14(16,17)9-22-13-6-3-10(8-18-13)19-12(20)5-4-11-2-1-7-21-11/h3,6,8,11H,1-2,4-5,7,9H2,(H,19,20). The number of halogens is 3. The molecule has 1 aromatic heterocycles. The van der Waals surface area contributed by atoms with E-state index < -0.39 is 12.8 Å². The Morgan fingerprint density at radius 1 is 1.45 bits per heavy atom. The van der Waals surface area contributed by atoms with Crippen molar-refractivity contribution in [1.29, 1.82) is 0 Å². The molecule has 8 heteroatoms. The van der Waals surface area contributed by atoms with Crippen molar-refractivity contribution in [2.24, 2.45) is 0 Å². The molecule has 0 aliphatic carbocycles. The van der Waals surface area contributed by atoms with E-state index in [0.29, 0.717) is 18.5 Å². The van der Waals surface area contributed by atoms with Crippen molar-refractivity contribution in [3.63, 3.8) is 0 Å². The summed E-state index contributed by atoms with van der Waals surface area (Å²) < 4.78 is 45.9. The number of anilines is 1. The van der Waals surface area contributed by atoms with Crippen LogP contribution in [0.1, 0.15) is 25.7 Å². The van der Waals surface area contributed by atoms with Gasteiger partial charge in [0.1, 0.15) is 0 Å². The third-order valence-electron chi connectivity index (χ3n) is 3.12. The van der Waals surface area contributed by atoms with E-state index in [4.69, 9.17) is 4.74 Å². The Hall–Kier alpha value is -1.83. The van der Waals surface area contributed by atoms with Gasteiger partial charge in [0.2, 0.25) is 11.8 Å². The van der Waals surface area contributed by atoms with Crippen LogP contribution in [0.5, 0.6) is 5.88 Å². The molecule has 0 aromatic carbocycles. The van der Waals surface area contributed by atoms with E-state index in [1.165, 1.54) is 18.3 Å². The number of amides is 1. The third kappa shape index (κ3) is 5.88. The van der Waals surface area contributed by atoms with Crippen LogP contribution in [0.15, 0.2) is 18.3 Å². The molecule has 122 valence electrons. The minimum Gasteiger partial charge on any atom is -0.468 e. The van der Waals surface area contributed by atoms with Gasteiger partial charge in [0.15, 0.2) is 6.61 Å². The van der Waals surface area contributed by atoms with Crippen LogP contribution in [0, 0.1) is 0 Å². The Morgan fingerprint density at radius 3 is 2.86 bits per heavy atom. The van der Waals surface area contributed by atoms with Gasteiger partial charge in [0, 0.05) is 19.1 Å². The SMILES string of the molecule is O=C(CCC1CCCO1)Nc1ccc(OCC(F)(F)F)nc1. The molecule has 0 radical (unpaired) electrons. The first-order valence-corrected chi connectivity index (χ1v) is 6.99. The number of carbonyl (C=O) groups is 1. The molecule has 1 aliphatic rings. The number of hydrogen-bond donors (Lipinski definition) is 1. The Balaban J connectivity index is 1.74. The topological polar surface area (TPSA) is 60.5 Å². The van der Waals surface area contributed by atoms with Crippen LogP contribution >= 0.6 is 0 Å². The molecule has 1 saturated heterocycles. The van der Waals surface area contributed by atoms with Crippen LogP contribution in [0.2, 0.25) is 0 Å². The van der Waals surface area contributed by atoms with Crippen molar-refractivity contribution < 1.29 is 27.4 Å². The number of nitrogens with zero attached hydrogens (tertiary/aromatic N) is 1. The highest BCUT2D eigenvalue weighted by atomic mass is 19.4. The zero-order valence-corrected chi connectivity index (χ0v) is 11.9. The summed E-state index contributed by atoms with van der Waals surface area (Å²) in [6.07, 6.45) is -0.0207. The van der Waals surface area contributed by atoms with Crippen molar-refractivity contribution in [2.75, 3.05) is 18.5 Å². The summed E-state index contributed by atoms with van der Waals surface area (Å²) in [5.41, 5.74) is 0.414. The summed E-state index contributed by atoms with van der Waals surface area (Å²) in [7, 11) is 0. The van der Waals surface area contributed by atoms with Crippen LogP contribution in [0.3, 0.4) is 0 Å². The third-order valence-corrected chi connectivity index (χ3v) is 3.12. The molecule has 0 saturated carbocycles. The highest BCUT2D eigenvalue weighted by Gasteiger charge is 2.28. The number of hydrogen-bond acceptors (Lipinski definition) is 4. The molecule has 1 aliphatic heterocycles. The summed E-state index contributed by atoms with van der Waals surface area (Å²) >= 11 is 0. The van der Waals surface area contributed by atoms with Crippen molar-refractivity contribution in [3.8, 4) is 5.88 Å². The fourth-order valence-electron chi connectivity index (χ4n) is 2.08. The summed E-state index contributed by atoms with van der Waals surface area (Å²) in [4.78, 5) is 15.4. The number of pyridine rings is 1. The number of nitrogens with one attached hydrogen (secondary N) is 1. The summed E-state index contributed by atoms with van der Waals surface area (Å²) in [5, 5.41) is 2.63. The Morgan fingerprint density at radius 2 is 2.27 bits per heavy atom. The van der Waals surface area contributed by atoms with E-state index in [9.17, 15) is 18.0 Å². The van der Waals surface area contributed by atoms with Gasteiger partial charge >= 0.3 is 6.18 Å². The maximum absolute atomic E-state index is 12.0. The first-order valence-electron chi connectivity index (χ1n) is 6.99. The van der Waals surface area contributed by atoms with Crippen LogP contribution in [0.4, 0.5) is 18.9 Å². The zero-order chi connectivity index (χ0) is 16.0. The largest absolute Gasteiger partial charge is 0.468 e. The van der Waals surface area contributed by atoms with Crippen LogP contribution in [-0.4, -0.2) is 36.4 Å². The molecule has 22 heavy (non-hydrogen) atoms. The molecule has 1 unspecified atom stereocenters. The second kappa shape index (κ2) is 7.44. The predicted octanol–water partition coefficient (Wildman–Crippen LogP) is 2.92. The molecule has 0 bridgehead atoms. The minimum absolute atomic E-state index is 0.141. The fraction of sp³-hybridized carbons (Fsp3) is 0.571. The van der Waals surface area contributed by atoms with E-state index in [-0.39, 0.29) is 17.9 Å². The molecule has 2 rings (SSSR count). The van der Waals surface area contributed by atoms with Gasteiger partial charge in [0.05, 0.1) is 18.0 Å². The molecule has 0 spiro atoms. The lowest BCUT2D eigenvalue weighted by Gasteiger charge is -2.10. The maximum atomic E-state index is 12.0. The fourth-order valence-corrected chi connectivity index (χ4v) is 2.08. The van der Waals surface area contributed by atoms with Crippen molar-refractivity contribution in [2.45, 2.75) is 38.0 Å². The second-order valence-corrected chi connectivity index (χ2v) is 5.01. The summed E-state index contributed by atoms with van der Waals surface area (Å²) in [6.45, 7) is -0.650. The number of rotatable bonds is 6. The molecule has 1 aromatic rings. The Labute approximate surface area is 125 Å². The van der Waals surface area contributed by atoms with Gasteiger partial charge in [-0.2, -0.15) is 13.2 Å². The van der Waals surface area contributed by atoms with E-state index in [2.05, 4.69) is 15.0 Å². The Bertz CT molecular complexity index is 485. The molecular weight excluding hydrogens is 301 g/mol. The number of aromatic nitrogens is 1. The monoisotopic (exact) mass is 318 g/mol. The van der Waals surface area contributed by atoms with Gasteiger partial charge in [-0.1, -0.05) is 0 Å². The lowest BCUT2D eigenvalue weighted by atomic mass is 10.1. The smallest absolute Gasteiger partial charge is 0.422 e. The highest BCUT2D eigenvalue weighted by molar-refractivity contribution is 5.90. The van der Waals surface area contributed by atoms with Gasteiger partial charge in [-0.15, -0.1) is 0 Å². The number of ether oxygens (including phenoxy) is 2. The average Bonchev–Trinajstić information content (AvgIpc) is 2.97. The predicted molar refractivity (Wildman–Crippen MR) is 72.6 cm³/mol. The lowest BCUT2D eigenvalue weighted by Crippen LogP contribution is -2.19. The first kappa shape index (κ1) is 16.5. The van der Waals surface area contributed by atoms with Crippen molar-refractivity contribution in [3.05, 3.63) is 18.3 Å². The molecule has 1 amide bonds. The highest BCUT2D eigenvalue weighted by Crippen LogP contribution is 2.19. The zero-order valence-electron chi connectivity index (χ0n) is 11.9. The van der Waals surface area contributed by atoms with E-state index >= 15 is 0 Å². The summed E-state index contributed by atoms with van der Waals surface area (Å²) in [5.74, 6) is -0.323. The molecule has 5 nitrogen and oxygen atoms in total. The minimum atomic E-state index is -4.41. The van der Waals surface area contributed by atoms with Gasteiger partial charge in [-0.25, -0.2) is 4.98 Å². The van der Waals surface area contributed by atoms with Gasteiger partial charge in [-0.3, -0.25) is 4.79 Å². The van der Waals surface area contributed by atoms with Crippen molar-refractivity contribution in [1.82, 2.24) is 4.98 Å². The quantitative estimate of drug-likeness (QED) is 0.876. The normalized spacial score (nSPS) is 18.2. The van der Waals surface area contributed by atoms with E-state index in [0.717, 1.165) is 19.4 Å². The van der Waals surface area contributed by atoms with Crippen molar-refractivity contribution >= 4 is 11.6 Å². The van der Waals surface area contributed by atoms with Gasteiger partial charge < -0.3 is 14.8 Å². The lowest BCUT2D eigenvalue weighted by molar-refractivity contribution is -0.154. The molecule has 1 fully saturated rings. The average molecular weight is 318 g/mol. The molecular formula is C14H17F3N2O3. The maximum Gasteiger partial charge on any atom is 0.422 e. The van der Waals surface area contributed by atoms with Crippen LogP contribution < -0.4 is 10.1 Å². The first-order chi connectivity index (χ1) is 10.4. The number of carbonyl (C=O) groups excluding carboxylic acids is 1. The van der Waals surface area contributed by atoms with Gasteiger partial charge in [0.25, 0.3) is 0 Å². The molecule has 2 heterocycles. The van der Waals surface area contributed by atoms with E-state index in [1.54, 1.807) is 0 Å². The van der Waals surface area contributed by atoms with Crippen LogP contribution in [-0.2, 0) is 9.53 Å². The second-order valence-electron chi connectivity index (χ2n) is 5.01. The number of alkyl halides is 3. The summed E-state index contributed by atoms with van der Waals surface area (Å²) in [6, 6.07) is 2.73. The van der Waals surface area contributed by atoms with Crippen LogP contribution in [0.25, 0.3) is 0 Å². The molecule has 1 N–H and O–H groups in total. The van der Waals surface area contributed by atoms with Gasteiger partial charge in [-0.05, 0) is 25.3 Å². The molecule has 1 atom stereocenters. The Kier molecular flexibility index (Phi) is 5.59.